The highest BCUT2D eigenvalue weighted by molar-refractivity contribution is 6.74. The van der Waals surface area contributed by atoms with Gasteiger partial charge in [0, 0.05) is 11.5 Å². The van der Waals surface area contributed by atoms with Crippen molar-refractivity contribution in [3.63, 3.8) is 0 Å². The molecule has 0 bridgehead atoms. The topological polar surface area (TPSA) is 74.2 Å². The van der Waals surface area contributed by atoms with Crippen LogP contribution in [0.25, 0.3) is 0 Å². The van der Waals surface area contributed by atoms with Gasteiger partial charge in [-0.15, -0.1) is 0 Å². The molecule has 228 valence electrons. The Morgan fingerprint density at radius 3 is 2.10 bits per heavy atom. The molecule has 1 N–H and O–H groups in total. The van der Waals surface area contributed by atoms with Crippen LogP contribution in [0.15, 0.2) is 60.7 Å². The van der Waals surface area contributed by atoms with E-state index in [0.29, 0.717) is 12.4 Å². The number of aryl methyl sites for hydroxylation is 2. The SMILES string of the molecule is COc1cc([C@@H](O[Si](C)(C)C(C)(C)C)[C@@H](CCCc2ccccc2)COc2c(C)cccc2C(=O)O)cc(OC)c1C. The first kappa shape index (κ1) is 33.2. The summed E-state index contributed by atoms with van der Waals surface area (Å²) in [5, 5.41) is 9.85. The molecule has 0 aliphatic heterocycles. The van der Waals surface area contributed by atoms with E-state index in [1.165, 1.54) is 5.56 Å². The predicted octanol–water partition coefficient (Wildman–Crippen LogP) is 8.80. The molecule has 0 saturated carbocycles. The molecule has 0 aliphatic rings. The molecule has 0 unspecified atom stereocenters. The van der Waals surface area contributed by atoms with Crippen LogP contribution in [0.1, 0.15) is 72.3 Å². The normalized spacial score (nSPS) is 13.4. The van der Waals surface area contributed by atoms with Crippen LogP contribution in [0.2, 0.25) is 18.1 Å². The Bertz CT molecular complexity index is 1300. The van der Waals surface area contributed by atoms with E-state index < -0.39 is 14.3 Å². The summed E-state index contributed by atoms with van der Waals surface area (Å²) in [6, 6.07) is 19.8. The average molecular weight is 593 g/mol. The van der Waals surface area contributed by atoms with Gasteiger partial charge in [-0.25, -0.2) is 4.79 Å². The Morgan fingerprint density at radius 1 is 0.929 bits per heavy atom. The van der Waals surface area contributed by atoms with Crippen molar-refractivity contribution in [1.29, 1.82) is 0 Å². The minimum absolute atomic E-state index is 0.0218. The summed E-state index contributed by atoms with van der Waals surface area (Å²) in [7, 11) is 1.07. The predicted molar refractivity (Wildman–Crippen MR) is 172 cm³/mol. The number of carbonyl (C=O) groups is 1. The molecule has 0 amide bonds. The molecule has 0 saturated heterocycles. The Kier molecular flexibility index (Phi) is 11.3. The standard InChI is InChI=1S/C35H48O6Si/c1-24-15-13-20-29(34(36)37)32(24)40-23-27(19-14-18-26-16-11-10-12-17-26)33(41-42(8,9)35(3,4)5)28-21-30(38-6)25(2)31(22-28)39-7/h10-13,15-17,20-22,27,33H,14,18-19,23H2,1-9H3,(H,36,37)/t27-,33-/m0/s1. The van der Waals surface area contributed by atoms with Crippen LogP contribution in [-0.4, -0.2) is 40.2 Å². The summed E-state index contributed by atoms with van der Waals surface area (Å²) in [6.45, 7) is 15.4. The summed E-state index contributed by atoms with van der Waals surface area (Å²) in [5.41, 5.74) is 4.13. The number of hydrogen-bond donors (Lipinski definition) is 1. The number of rotatable bonds is 14. The molecule has 2 atom stereocenters. The largest absolute Gasteiger partial charge is 0.496 e. The highest BCUT2D eigenvalue weighted by Gasteiger charge is 2.41. The number of aromatic carboxylic acids is 1. The van der Waals surface area contributed by atoms with Gasteiger partial charge in [0.05, 0.1) is 26.9 Å². The molecule has 0 fully saturated rings. The van der Waals surface area contributed by atoms with Gasteiger partial charge in [-0.05, 0) is 86.1 Å². The van der Waals surface area contributed by atoms with Crippen molar-refractivity contribution >= 4 is 14.3 Å². The fraction of sp³-hybridized carbons (Fsp3) is 0.457. The molecule has 3 aromatic carbocycles. The third-order valence-electron chi connectivity index (χ3n) is 8.53. The van der Waals surface area contributed by atoms with E-state index in [1.54, 1.807) is 26.4 Å². The zero-order valence-electron chi connectivity index (χ0n) is 26.7. The Labute approximate surface area is 253 Å². The first-order chi connectivity index (χ1) is 19.8. The number of methoxy groups -OCH3 is 2. The molecule has 0 radical (unpaired) electrons. The van der Waals surface area contributed by atoms with Gasteiger partial charge < -0.3 is 23.7 Å². The van der Waals surface area contributed by atoms with Gasteiger partial charge in [-0.3, -0.25) is 0 Å². The minimum atomic E-state index is -2.26. The quantitative estimate of drug-likeness (QED) is 0.189. The van der Waals surface area contributed by atoms with E-state index in [2.05, 4.69) is 70.3 Å². The second-order valence-electron chi connectivity index (χ2n) is 12.6. The third-order valence-corrected chi connectivity index (χ3v) is 13.0. The molecule has 3 rings (SSSR count). The van der Waals surface area contributed by atoms with E-state index in [4.69, 9.17) is 18.6 Å². The Balaban J connectivity index is 2.09. The van der Waals surface area contributed by atoms with E-state index in [0.717, 1.165) is 47.5 Å². The van der Waals surface area contributed by atoms with Crippen LogP contribution in [0.5, 0.6) is 17.2 Å². The van der Waals surface area contributed by atoms with Crippen LogP contribution < -0.4 is 14.2 Å². The van der Waals surface area contributed by atoms with Gasteiger partial charge in [0.1, 0.15) is 22.8 Å². The van der Waals surface area contributed by atoms with Crippen molar-refractivity contribution < 1.29 is 28.5 Å². The van der Waals surface area contributed by atoms with Crippen LogP contribution in [0, 0.1) is 19.8 Å². The maximum absolute atomic E-state index is 12.0. The zero-order valence-corrected chi connectivity index (χ0v) is 27.7. The highest BCUT2D eigenvalue weighted by atomic mass is 28.4. The lowest BCUT2D eigenvalue weighted by molar-refractivity contribution is 0.0668. The second kappa shape index (κ2) is 14.3. The molecule has 0 aliphatic carbocycles. The maximum Gasteiger partial charge on any atom is 0.339 e. The number of carboxylic acid groups (broad SMARTS) is 1. The van der Waals surface area contributed by atoms with Crippen molar-refractivity contribution in [3.8, 4) is 17.2 Å². The monoisotopic (exact) mass is 592 g/mol. The minimum Gasteiger partial charge on any atom is -0.496 e. The van der Waals surface area contributed by atoms with Crippen molar-refractivity contribution in [3.05, 3.63) is 88.5 Å². The number of hydrogen-bond acceptors (Lipinski definition) is 5. The lowest BCUT2D eigenvalue weighted by Crippen LogP contribution is -2.43. The van der Waals surface area contributed by atoms with Crippen molar-refractivity contribution in [2.75, 3.05) is 20.8 Å². The molecule has 0 spiro atoms. The van der Waals surface area contributed by atoms with E-state index in [-0.39, 0.29) is 22.6 Å². The summed E-state index contributed by atoms with van der Waals surface area (Å²) in [4.78, 5) is 12.0. The summed E-state index contributed by atoms with van der Waals surface area (Å²) in [6.07, 6.45) is 2.35. The molecular weight excluding hydrogens is 544 g/mol. The van der Waals surface area contributed by atoms with Crippen LogP contribution >= 0.6 is 0 Å². The van der Waals surface area contributed by atoms with Crippen LogP contribution in [0.3, 0.4) is 0 Å². The Morgan fingerprint density at radius 2 is 1.55 bits per heavy atom. The van der Waals surface area contributed by atoms with Gasteiger partial charge >= 0.3 is 5.97 Å². The van der Waals surface area contributed by atoms with Crippen LogP contribution in [0.4, 0.5) is 0 Å². The summed E-state index contributed by atoms with van der Waals surface area (Å²) in [5.74, 6) is 0.814. The first-order valence-electron chi connectivity index (χ1n) is 14.7. The van der Waals surface area contributed by atoms with Crippen molar-refractivity contribution in [1.82, 2.24) is 0 Å². The van der Waals surface area contributed by atoms with E-state index in [9.17, 15) is 9.90 Å². The molecule has 6 nitrogen and oxygen atoms in total. The number of ether oxygens (including phenoxy) is 3. The smallest absolute Gasteiger partial charge is 0.339 e. The average Bonchev–Trinajstić information content (AvgIpc) is 2.94. The lowest BCUT2D eigenvalue weighted by Gasteiger charge is -2.42. The van der Waals surface area contributed by atoms with Gasteiger partial charge in [0.25, 0.3) is 0 Å². The van der Waals surface area contributed by atoms with Gasteiger partial charge in [-0.2, -0.15) is 0 Å². The molecular formula is C35H48O6Si. The highest BCUT2D eigenvalue weighted by Crippen LogP contribution is 2.45. The molecule has 3 aromatic rings. The van der Waals surface area contributed by atoms with Gasteiger partial charge in [-0.1, -0.05) is 63.2 Å². The van der Waals surface area contributed by atoms with Crippen molar-refractivity contribution in [2.24, 2.45) is 5.92 Å². The zero-order chi connectivity index (χ0) is 31.1. The number of carboxylic acids is 1. The van der Waals surface area contributed by atoms with Crippen molar-refractivity contribution in [2.45, 2.75) is 78.1 Å². The van der Waals surface area contributed by atoms with Gasteiger partial charge in [0.2, 0.25) is 0 Å². The maximum atomic E-state index is 12.0. The molecule has 0 heterocycles. The van der Waals surface area contributed by atoms with Gasteiger partial charge in [0.15, 0.2) is 8.32 Å². The summed E-state index contributed by atoms with van der Waals surface area (Å²) >= 11 is 0. The summed E-state index contributed by atoms with van der Waals surface area (Å²) < 4.78 is 25.2. The number of para-hydroxylation sites is 1. The van der Waals surface area contributed by atoms with Crippen LogP contribution in [-0.2, 0) is 10.8 Å². The molecule has 0 aromatic heterocycles. The molecule has 42 heavy (non-hydrogen) atoms. The lowest BCUT2D eigenvalue weighted by atomic mass is 9.90. The van der Waals surface area contributed by atoms with E-state index in [1.807, 2.05) is 26.0 Å². The fourth-order valence-corrected chi connectivity index (χ4v) is 6.26. The Hall–Kier alpha value is -3.29. The first-order valence-corrected chi connectivity index (χ1v) is 17.6. The van der Waals surface area contributed by atoms with E-state index >= 15 is 0 Å². The molecule has 7 heteroatoms. The number of benzene rings is 3. The third kappa shape index (κ3) is 8.17. The second-order valence-corrected chi connectivity index (χ2v) is 17.3. The fourth-order valence-electron chi connectivity index (χ4n) is 4.94.